The Morgan fingerprint density at radius 2 is 2.19 bits per heavy atom. The van der Waals surface area contributed by atoms with Crippen molar-refractivity contribution in [2.45, 2.75) is 58.0 Å². The fourth-order valence-corrected chi connectivity index (χ4v) is 4.38. The molecule has 0 aliphatic carbocycles. The highest BCUT2D eigenvalue weighted by Crippen LogP contribution is 2.29. The number of hydrogen-bond donors (Lipinski definition) is 1. The van der Waals surface area contributed by atoms with Crippen molar-refractivity contribution in [3.63, 3.8) is 0 Å². The summed E-state index contributed by atoms with van der Waals surface area (Å²) in [6.45, 7) is 9.71. The average Bonchev–Trinajstić information content (AvgIpc) is 3.03. The maximum Gasteiger partial charge on any atom is 0.246 e. The molecule has 1 fully saturated rings. The van der Waals surface area contributed by atoms with E-state index in [0.29, 0.717) is 48.0 Å². The predicted octanol–water partition coefficient (Wildman–Crippen LogP) is 2.51. The maximum absolute atomic E-state index is 12.7. The van der Waals surface area contributed by atoms with Gasteiger partial charge < -0.3 is 9.73 Å². The second kappa shape index (κ2) is 6.50. The Hall–Kier alpha value is -0.850. The molecule has 1 saturated heterocycles. The molecule has 120 valence electrons. The van der Waals surface area contributed by atoms with Gasteiger partial charge in [-0.3, -0.25) is 0 Å². The van der Waals surface area contributed by atoms with Gasteiger partial charge in [-0.15, -0.1) is 0 Å². The molecule has 0 bridgehead atoms. The van der Waals surface area contributed by atoms with Gasteiger partial charge in [0.05, 0.1) is 6.54 Å². The van der Waals surface area contributed by atoms with Crippen molar-refractivity contribution >= 4 is 10.0 Å². The van der Waals surface area contributed by atoms with Crippen molar-refractivity contribution in [1.82, 2.24) is 9.62 Å². The topological polar surface area (TPSA) is 62.6 Å². The van der Waals surface area contributed by atoms with Crippen LogP contribution in [0.1, 0.15) is 45.1 Å². The van der Waals surface area contributed by atoms with Gasteiger partial charge in [-0.25, -0.2) is 8.42 Å². The molecule has 1 aliphatic rings. The zero-order valence-corrected chi connectivity index (χ0v) is 14.2. The largest absolute Gasteiger partial charge is 0.464 e. The Kier molecular flexibility index (Phi) is 5.11. The number of furan rings is 1. The van der Waals surface area contributed by atoms with Crippen molar-refractivity contribution in [2.24, 2.45) is 5.92 Å². The quantitative estimate of drug-likeness (QED) is 0.876. The Bertz CT molecular complexity index is 578. The SMILES string of the molecule is CCC1CCN(S(=O)(=O)c2cc(CNC(C)C)oc2C)C1. The summed E-state index contributed by atoms with van der Waals surface area (Å²) < 4.78 is 32.6. The van der Waals surface area contributed by atoms with Crippen LogP contribution in [0.15, 0.2) is 15.4 Å². The lowest BCUT2D eigenvalue weighted by atomic mass is 10.1. The second-order valence-corrected chi connectivity index (χ2v) is 8.00. The molecule has 1 aromatic rings. The summed E-state index contributed by atoms with van der Waals surface area (Å²) in [5.41, 5.74) is 0. The highest BCUT2D eigenvalue weighted by atomic mass is 32.2. The van der Waals surface area contributed by atoms with E-state index in [1.54, 1.807) is 17.3 Å². The monoisotopic (exact) mass is 314 g/mol. The van der Waals surface area contributed by atoms with Crippen molar-refractivity contribution < 1.29 is 12.8 Å². The molecule has 0 aromatic carbocycles. The highest BCUT2D eigenvalue weighted by molar-refractivity contribution is 7.89. The molecule has 0 saturated carbocycles. The molecule has 6 heteroatoms. The average molecular weight is 314 g/mol. The molecule has 2 rings (SSSR count). The third kappa shape index (κ3) is 3.67. The number of sulfonamides is 1. The molecule has 0 radical (unpaired) electrons. The number of nitrogens with zero attached hydrogens (tertiary/aromatic N) is 1. The van der Waals surface area contributed by atoms with Gasteiger partial charge >= 0.3 is 0 Å². The van der Waals surface area contributed by atoms with Gasteiger partial charge in [0.2, 0.25) is 10.0 Å². The molecule has 1 N–H and O–H groups in total. The number of hydrogen-bond acceptors (Lipinski definition) is 4. The van der Waals surface area contributed by atoms with E-state index in [4.69, 9.17) is 4.42 Å². The lowest BCUT2D eigenvalue weighted by Gasteiger charge is -2.15. The van der Waals surface area contributed by atoms with E-state index < -0.39 is 10.0 Å². The molecule has 1 unspecified atom stereocenters. The first-order valence-electron chi connectivity index (χ1n) is 7.67. The van der Waals surface area contributed by atoms with Crippen LogP contribution in [0.25, 0.3) is 0 Å². The standard InChI is InChI=1S/C15H26N2O3S/c1-5-13-6-7-17(10-13)21(18,19)15-8-14(20-12(15)4)9-16-11(2)3/h8,11,13,16H,5-7,9-10H2,1-4H3. The number of aryl methyl sites for hydroxylation is 1. The molecule has 1 aliphatic heterocycles. The van der Waals surface area contributed by atoms with E-state index in [1.165, 1.54) is 0 Å². The Labute approximate surface area is 127 Å². The van der Waals surface area contributed by atoms with Gasteiger partial charge in [0.25, 0.3) is 0 Å². The third-order valence-electron chi connectivity index (χ3n) is 4.05. The predicted molar refractivity (Wildman–Crippen MR) is 82.6 cm³/mol. The van der Waals surface area contributed by atoms with Crippen LogP contribution in [-0.4, -0.2) is 31.9 Å². The first kappa shape index (κ1) is 16.5. The lowest BCUT2D eigenvalue weighted by molar-refractivity contribution is 0.437. The molecule has 1 aromatic heterocycles. The Morgan fingerprint density at radius 3 is 2.76 bits per heavy atom. The zero-order valence-electron chi connectivity index (χ0n) is 13.3. The molecule has 5 nitrogen and oxygen atoms in total. The van der Waals surface area contributed by atoms with Crippen LogP contribution in [0.2, 0.25) is 0 Å². The van der Waals surface area contributed by atoms with Crippen LogP contribution in [0, 0.1) is 12.8 Å². The van der Waals surface area contributed by atoms with Gasteiger partial charge in [-0.1, -0.05) is 27.2 Å². The number of nitrogens with one attached hydrogen (secondary N) is 1. The molecular formula is C15H26N2O3S. The fraction of sp³-hybridized carbons (Fsp3) is 0.733. The van der Waals surface area contributed by atoms with Gasteiger partial charge in [-0.05, 0) is 19.3 Å². The first-order chi connectivity index (χ1) is 9.84. The summed E-state index contributed by atoms with van der Waals surface area (Å²) in [5.74, 6) is 1.63. The van der Waals surface area contributed by atoms with Gasteiger partial charge in [0.1, 0.15) is 16.4 Å². The van der Waals surface area contributed by atoms with Gasteiger partial charge in [0, 0.05) is 25.2 Å². The van der Waals surface area contributed by atoms with Crippen LogP contribution in [0.5, 0.6) is 0 Å². The third-order valence-corrected chi connectivity index (χ3v) is 6.02. The van der Waals surface area contributed by atoms with E-state index in [2.05, 4.69) is 12.2 Å². The zero-order chi connectivity index (χ0) is 15.6. The molecule has 1 atom stereocenters. The van der Waals surface area contributed by atoms with Crippen molar-refractivity contribution in [3.8, 4) is 0 Å². The minimum absolute atomic E-state index is 0.319. The molecule has 0 spiro atoms. The Balaban J connectivity index is 2.17. The summed E-state index contributed by atoms with van der Waals surface area (Å²) in [6, 6.07) is 2.00. The van der Waals surface area contributed by atoms with Gasteiger partial charge in [-0.2, -0.15) is 4.31 Å². The molecule has 2 heterocycles. The fourth-order valence-electron chi connectivity index (χ4n) is 2.66. The highest BCUT2D eigenvalue weighted by Gasteiger charge is 2.34. The molecule has 21 heavy (non-hydrogen) atoms. The Morgan fingerprint density at radius 1 is 1.48 bits per heavy atom. The smallest absolute Gasteiger partial charge is 0.246 e. The van der Waals surface area contributed by atoms with E-state index >= 15 is 0 Å². The normalized spacial score (nSPS) is 20.5. The maximum atomic E-state index is 12.7. The van der Waals surface area contributed by atoms with E-state index in [9.17, 15) is 8.42 Å². The van der Waals surface area contributed by atoms with Crippen LogP contribution >= 0.6 is 0 Å². The van der Waals surface area contributed by atoms with Crippen molar-refractivity contribution in [1.29, 1.82) is 0 Å². The van der Waals surface area contributed by atoms with E-state index in [-0.39, 0.29) is 0 Å². The first-order valence-corrected chi connectivity index (χ1v) is 9.11. The van der Waals surface area contributed by atoms with Crippen molar-refractivity contribution in [3.05, 3.63) is 17.6 Å². The van der Waals surface area contributed by atoms with Crippen LogP contribution in [-0.2, 0) is 16.6 Å². The van der Waals surface area contributed by atoms with Crippen LogP contribution in [0.4, 0.5) is 0 Å². The summed E-state index contributed by atoms with van der Waals surface area (Å²) >= 11 is 0. The number of rotatable bonds is 6. The van der Waals surface area contributed by atoms with E-state index in [1.807, 2.05) is 13.8 Å². The summed E-state index contributed by atoms with van der Waals surface area (Å²) in [7, 11) is -3.42. The molecule has 0 amide bonds. The van der Waals surface area contributed by atoms with Gasteiger partial charge in [0.15, 0.2) is 0 Å². The lowest BCUT2D eigenvalue weighted by Crippen LogP contribution is -2.29. The summed E-state index contributed by atoms with van der Waals surface area (Å²) in [4.78, 5) is 0.319. The van der Waals surface area contributed by atoms with Crippen LogP contribution < -0.4 is 5.32 Å². The van der Waals surface area contributed by atoms with Crippen LogP contribution in [0.3, 0.4) is 0 Å². The van der Waals surface area contributed by atoms with E-state index in [0.717, 1.165) is 12.8 Å². The molecular weight excluding hydrogens is 288 g/mol. The minimum Gasteiger partial charge on any atom is -0.464 e. The summed E-state index contributed by atoms with van der Waals surface area (Å²) in [5, 5.41) is 3.24. The minimum atomic E-state index is -3.42. The van der Waals surface area contributed by atoms with Crippen molar-refractivity contribution in [2.75, 3.05) is 13.1 Å². The second-order valence-electron chi connectivity index (χ2n) is 6.09. The summed E-state index contributed by atoms with van der Waals surface area (Å²) in [6.07, 6.45) is 1.98.